The third-order valence-electron chi connectivity index (χ3n) is 1.11. The van der Waals surface area contributed by atoms with Crippen LogP contribution in [-0.4, -0.2) is 27.6 Å². The maximum atomic E-state index is 10.9. The zero-order chi connectivity index (χ0) is 9.61. The zero-order valence-corrected chi connectivity index (χ0v) is 11.9. The topological polar surface area (TPSA) is 26.3 Å². The predicted octanol–water partition coefficient (Wildman–Crippen LogP) is 2.99. The van der Waals surface area contributed by atoms with Crippen LogP contribution in [0.4, 0.5) is 0 Å². The first-order valence-corrected chi connectivity index (χ1v) is 16.5. The molecular weight excluding hydrogens is 329 g/mol. The van der Waals surface area contributed by atoms with E-state index in [1.807, 2.05) is 6.92 Å². The molecular formula is C6H11Cl3O2Sn. The first-order chi connectivity index (χ1) is 5.45. The molecule has 0 bridgehead atoms. The normalized spacial score (nSPS) is 11.3. The Morgan fingerprint density at radius 1 is 1.42 bits per heavy atom. The van der Waals surface area contributed by atoms with Crippen LogP contribution < -0.4 is 0 Å². The van der Waals surface area contributed by atoms with E-state index in [-0.39, 0.29) is 10.4 Å². The predicted molar refractivity (Wildman–Crippen MR) is 54.0 cm³/mol. The van der Waals surface area contributed by atoms with E-state index >= 15 is 0 Å². The van der Waals surface area contributed by atoms with Crippen molar-refractivity contribution in [1.82, 2.24) is 0 Å². The fourth-order valence-electron chi connectivity index (χ4n) is 0.545. The van der Waals surface area contributed by atoms with Gasteiger partial charge in [-0.1, -0.05) is 0 Å². The van der Waals surface area contributed by atoms with E-state index in [9.17, 15) is 4.79 Å². The number of carbonyl (C=O) groups is 1. The quantitative estimate of drug-likeness (QED) is 0.437. The summed E-state index contributed by atoms with van der Waals surface area (Å²) in [4.78, 5) is 10.9. The first-order valence-electron chi connectivity index (χ1n) is 3.68. The Hall–Kier alpha value is 1.14. The molecule has 0 saturated heterocycles. The van der Waals surface area contributed by atoms with Gasteiger partial charge in [-0.3, -0.25) is 0 Å². The summed E-state index contributed by atoms with van der Waals surface area (Å²) in [5.74, 6) is -0.376. The molecule has 0 fully saturated rings. The molecule has 12 heavy (non-hydrogen) atoms. The van der Waals surface area contributed by atoms with Crippen LogP contribution in [0.15, 0.2) is 0 Å². The molecule has 0 rings (SSSR count). The number of esters is 1. The van der Waals surface area contributed by atoms with Crippen LogP contribution >= 0.6 is 26.8 Å². The SMILES string of the molecule is CCCCOC(=O)[CH2][Sn]([Cl])([Cl])[Cl]. The average Bonchev–Trinajstić information content (AvgIpc) is 1.84. The Balaban J connectivity index is 3.47. The monoisotopic (exact) mass is 340 g/mol. The molecule has 6 heteroatoms. The Morgan fingerprint density at radius 3 is 2.42 bits per heavy atom. The van der Waals surface area contributed by atoms with Crippen molar-refractivity contribution in [3.8, 4) is 0 Å². The van der Waals surface area contributed by atoms with E-state index in [4.69, 9.17) is 31.5 Å². The van der Waals surface area contributed by atoms with E-state index in [0.29, 0.717) is 6.61 Å². The molecule has 0 radical (unpaired) electrons. The van der Waals surface area contributed by atoms with Crippen molar-refractivity contribution in [1.29, 1.82) is 0 Å². The number of halogens is 3. The molecule has 0 unspecified atom stereocenters. The zero-order valence-electron chi connectivity index (χ0n) is 6.78. The van der Waals surface area contributed by atoms with Crippen LogP contribution in [0.25, 0.3) is 0 Å². The molecule has 0 amide bonds. The van der Waals surface area contributed by atoms with Crippen molar-refractivity contribution >= 4 is 47.7 Å². The molecule has 0 aromatic rings. The van der Waals surface area contributed by atoms with Gasteiger partial charge >= 0.3 is 88.1 Å². The van der Waals surface area contributed by atoms with Crippen molar-refractivity contribution in [3.63, 3.8) is 0 Å². The second kappa shape index (κ2) is 6.57. The number of carbonyl (C=O) groups excluding carboxylic acids is 1. The van der Waals surface area contributed by atoms with Gasteiger partial charge in [0.15, 0.2) is 0 Å². The van der Waals surface area contributed by atoms with Crippen molar-refractivity contribution in [3.05, 3.63) is 0 Å². The standard InChI is InChI=1S/C6H11O2.3ClH.Sn/c1-3-4-5-8-6(2)7;;;;/h2-5H2,1H3;3*1H;/q;;;;+3/p-3. The van der Waals surface area contributed by atoms with Crippen LogP contribution in [0.2, 0.25) is 4.44 Å². The van der Waals surface area contributed by atoms with Gasteiger partial charge in [0.05, 0.1) is 0 Å². The second-order valence-corrected chi connectivity index (χ2v) is 23.8. The fraction of sp³-hybridized carbons (Fsp3) is 0.833. The summed E-state index contributed by atoms with van der Waals surface area (Å²) in [6, 6.07) is 0. The minimum absolute atomic E-state index is 0.0169. The summed E-state index contributed by atoms with van der Waals surface area (Å²) < 4.78 is 4.84. The number of unbranched alkanes of at least 4 members (excludes halogenated alkanes) is 1. The van der Waals surface area contributed by atoms with Crippen molar-refractivity contribution < 1.29 is 9.53 Å². The van der Waals surface area contributed by atoms with E-state index in [1.54, 1.807) is 0 Å². The van der Waals surface area contributed by atoms with E-state index in [0.717, 1.165) is 12.8 Å². The molecule has 0 heterocycles. The van der Waals surface area contributed by atoms with Crippen LogP contribution in [-0.2, 0) is 9.53 Å². The van der Waals surface area contributed by atoms with Crippen molar-refractivity contribution in [2.24, 2.45) is 0 Å². The molecule has 0 aliphatic heterocycles. The van der Waals surface area contributed by atoms with Crippen LogP contribution in [0.5, 0.6) is 0 Å². The van der Waals surface area contributed by atoms with Gasteiger partial charge in [-0.05, 0) is 0 Å². The summed E-state index contributed by atoms with van der Waals surface area (Å²) in [5, 5.41) is 0. The Labute approximate surface area is 87.5 Å². The summed E-state index contributed by atoms with van der Waals surface area (Å²) in [5.41, 5.74) is 0. The second-order valence-electron chi connectivity index (χ2n) is 2.37. The molecule has 0 aliphatic rings. The van der Waals surface area contributed by atoms with Gasteiger partial charge in [0.2, 0.25) is 0 Å². The molecule has 0 aromatic heterocycles. The third-order valence-corrected chi connectivity index (χ3v) is 5.76. The van der Waals surface area contributed by atoms with E-state index < -0.39 is 15.0 Å². The summed E-state index contributed by atoms with van der Waals surface area (Å²) in [6.45, 7) is 2.45. The molecule has 0 atom stereocenters. The van der Waals surface area contributed by atoms with Crippen LogP contribution in [0.3, 0.4) is 0 Å². The number of hydrogen-bond acceptors (Lipinski definition) is 2. The minimum atomic E-state index is -3.50. The molecule has 72 valence electrons. The molecule has 0 N–H and O–H groups in total. The molecule has 0 aromatic carbocycles. The fourth-order valence-corrected chi connectivity index (χ4v) is 3.97. The molecule has 0 saturated carbocycles. The first kappa shape index (κ1) is 13.1. The van der Waals surface area contributed by atoms with Gasteiger partial charge in [0, 0.05) is 0 Å². The van der Waals surface area contributed by atoms with Gasteiger partial charge in [-0.15, -0.1) is 0 Å². The molecule has 2 nitrogen and oxygen atoms in total. The van der Waals surface area contributed by atoms with Crippen molar-refractivity contribution in [2.45, 2.75) is 24.2 Å². The van der Waals surface area contributed by atoms with Crippen LogP contribution in [0.1, 0.15) is 19.8 Å². The number of hydrogen-bond donors (Lipinski definition) is 0. The van der Waals surface area contributed by atoms with Gasteiger partial charge < -0.3 is 0 Å². The Bertz CT molecular complexity index is 146. The summed E-state index contributed by atoms with van der Waals surface area (Å²) in [6.07, 6.45) is 1.85. The Kier molecular flexibility index (Phi) is 7.20. The van der Waals surface area contributed by atoms with Crippen LogP contribution in [0, 0.1) is 0 Å². The van der Waals surface area contributed by atoms with Gasteiger partial charge in [-0.25, -0.2) is 0 Å². The summed E-state index contributed by atoms with van der Waals surface area (Å²) in [7, 11) is 16.7. The Morgan fingerprint density at radius 2 is 2.00 bits per heavy atom. The van der Waals surface area contributed by atoms with Gasteiger partial charge in [0.1, 0.15) is 0 Å². The maximum absolute atomic E-state index is 10.9. The number of rotatable bonds is 5. The van der Waals surface area contributed by atoms with Crippen molar-refractivity contribution in [2.75, 3.05) is 6.61 Å². The summed E-state index contributed by atoms with van der Waals surface area (Å²) >= 11 is -3.50. The molecule has 0 spiro atoms. The van der Waals surface area contributed by atoms with E-state index in [2.05, 4.69) is 0 Å². The van der Waals surface area contributed by atoms with Gasteiger partial charge in [-0.2, -0.15) is 0 Å². The molecule has 0 aliphatic carbocycles. The average molecular weight is 340 g/mol. The van der Waals surface area contributed by atoms with Gasteiger partial charge in [0.25, 0.3) is 0 Å². The third kappa shape index (κ3) is 9.23. The van der Waals surface area contributed by atoms with E-state index in [1.165, 1.54) is 0 Å². The number of ether oxygens (including phenoxy) is 1.